The number of ether oxygens (including phenoxy) is 1. The van der Waals surface area contributed by atoms with E-state index in [0.717, 1.165) is 24.0 Å². The summed E-state index contributed by atoms with van der Waals surface area (Å²) in [5.41, 5.74) is 4.91. The number of nitrogens with one attached hydrogen (secondary N) is 1. The number of carbonyl (C=O) groups is 2. The van der Waals surface area contributed by atoms with Crippen molar-refractivity contribution in [2.75, 3.05) is 6.61 Å². The van der Waals surface area contributed by atoms with E-state index in [2.05, 4.69) is 41.5 Å². The van der Waals surface area contributed by atoms with Crippen LogP contribution in [0.4, 0.5) is 4.79 Å². The fourth-order valence-corrected chi connectivity index (χ4v) is 3.96. The summed E-state index contributed by atoms with van der Waals surface area (Å²) in [4.78, 5) is 27.6. The monoisotopic (exact) mass is 404 g/mol. The van der Waals surface area contributed by atoms with Gasteiger partial charge in [-0.2, -0.15) is 0 Å². The first-order valence-electron chi connectivity index (χ1n) is 10.2. The number of fused-ring (bicyclic) bond motifs is 3. The van der Waals surface area contributed by atoms with Gasteiger partial charge in [0.25, 0.3) is 0 Å². The van der Waals surface area contributed by atoms with Crippen LogP contribution in [-0.4, -0.2) is 24.0 Å². The first-order chi connectivity index (χ1) is 14.7. The highest BCUT2D eigenvalue weighted by Gasteiger charge is 2.29. The lowest BCUT2D eigenvalue weighted by atomic mass is 9.98. The van der Waals surface area contributed by atoms with Crippen LogP contribution in [0.15, 0.2) is 59.2 Å². The quantitative estimate of drug-likeness (QED) is 0.518. The third kappa shape index (κ3) is 3.99. The number of benzene rings is 2. The standard InChI is InChI=1S/C24H24N2O4/c1-2-3-12-22(23-25-16(13-27)14-29-23)26-24(28)30-15-21-19-10-6-4-8-17(19)18-9-5-7-11-20(18)21/h4-11,13-14,21-22H,2-3,12,15H2,1H3,(H,26,28)/t22-/m0/s1. The van der Waals surface area contributed by atoms with Gasteiger partial charge in [0.1, 0.15) is 24.6 Å². The number of aldehydes is 1. The minimum absolute atomic E-state index is 0.000598. The summed E-state index contributed by atoms with van der Waals surface area (Å²) in [5, 5.41) is 2.84. The summed E-state index contributed by atoms with van der Waals surface area (Å²) in [6, 6.07) is 16.0. The second-order valence-corrected chi connectivity index (χ2v) is 7.39. The maximum Gasteiger partial charge on any atom is 0.407 e. The summed E-state index contributed by atoms with van der Waals surface area (Å²) in [6.07, 6.45) is 3.89. The molecule has 1 aliphatic rings. The largest absolute Gasteiger partial charge is 0.449 e. The predicted octanol–water partition coefficient (Wildman–Crippen LogP) is 5.26. The first kappa shape index (κ1) is 19.9. The Bertz CT molecular complexity index is 997. The number of hydrogen-bond acceptors (Lipinski definition) is 5. The van der Waals surface area contributed by atoms with E-state index in [1.165, 1.54) is 17.4 Å². The number of oxazole rings is 1. The molecule has 0 spiro atoms. The molecule has 1 N–H and O–H groups in total. The summed E-state index contributed by atoms with van der Waals surface area (Å²) in [5.74, 6) is 0.319. The van der Waals surface area contributed by atoms with Gasteiger partial charge in [0.05, 0.1) is 0 Å². The molecule has 1 amide bonds. The van der Waals surface area contributed by atoms with Crippen LogP contribution in [0.25, 0.3) is 11.1 Å². The summed E-state index contributed by atoms with van der Waals surface area (Å²) >= 11 is 0. The van der Waals surface area contributed by atoms with Gasteiger partial charge in [0.15, 0.2) is 6.29 Å². The number of alkyl carbamates (subject to hydrolysis) is 1. The Labute approximate surface area is 175 Å². The predicted molar refractivity (Wildman–Crippen MR) is 112 cm³/mol. The molecule has 6 nitrogen and oxygen atoms in total. The minimum atomic E-state index is -0.524. The Balaban J connectivity index is 1.45. The molecule has 154 valence electrons. The molecule has 1 aromatic heterocycles. The van der Waals surface area contributed by atoms with Crippen LogP contribution in [-0.2, 0) is 4.74 Å². The smallest absolute Gasteiger partial charge is 0.407 e. The molecule has 0 fully saturated rings. The van der Waals surface area contributed by atoms with E-state index in [1.54, 1.807) is 0 Å². The Morgan fingerprint density at radius 1 is 1.17 bits per heavy atom. The van der Waals surface area contributed by atoms with Crippen LogP contribution in [0.2, 0.25) is 0 Å². The molecular weight excluding hydrogens is 380 g/mol. The summed E-state index contributed by atoms with van der Waals surface area (Å²) in [6.45, 7) is 2.31. The van der Waals surface area contributed by atoms with Gasteiger partial charge in [0, 0.05) is 5.92 Å². The third-order valence-electron chi connectivity index (χ3n) is 5.44. The van der Waals surface area contributed by atoms with Crippen LogP contribution in [0.3, 0.4) is 0 Å². The molecule has 0 unspecified atom stereocenters. The molecule has 0 bridgehead atoms. The van der Waals surface area contributed by atoms with Crippen LogP contribution >= 0.6 is 0 Å². The summed E-state index contributed by atoms with van der Waals surface area (Å²) < 4.78 is 11.0. The van der Waals surface area contributed by atoms with Crippen molar-refractivity contribution in [3.05, 3.63) is 77.5 Å². The minimum Gasteiger partial charge on any atom is -0.449 e. The van der Waals surface area contributed by atoms with Crippen molar-refractivity contribution in [1.29, 1.82) is 0 Å². The van der Waals surface area contributed by atoms with E-state index >= 15 is 0 Å². The van der Waals surface area contributed by atoms with Crippen molar-refractivity contribution in [1.82, 2.24) is 10.3 Å². The van der Waals surface area contributed by atoms with Crippen molar-refractivity contribution in [3.8, 4) is 11.1 Å². The number of hydrogen-bond donors (Lipinski definition) is 1. The average molecular weight is 404 g/mol. The lowest BCUT2D eigenvalue weighted by Crippen LogP contribution is -2.30. The average Bonchev–Trinajstić information content (AvgIpc) is 3.38. The Hall–Kier alpha value is -3.41. The van der Waals surface area contributed by atoms with Gasteiger partial charge in [-0.15, -0.1) is 0 Å². The van der Waals surface area contributed by atoms with E-state index in [9.17, 15) is 9.59 Å². The Kier molecular flexibility index (Phi) is 5.93. The fourth-order valence-electron chi connectivity index (χ4n) is 3.96. The Morgan fingerprint density at radius 3 is 2.43 bits per heavy atom. The molecule has 30 heavy (non-hydrogen) atoms. The molecular formula is C24H24N2O4. The van der Waals surface area contributed by atoms with Crippen molar-refractivity contribution >= 4 is 12.4 Å². The van der Waals surface area contributed by atoms with Crippen LogP contribution in [0, 0.1) is 0 Å². The fraction of sp³-hybridized carbons (Fsp3) is 0.292. The van der Waals surface area contributed by atoms with Gasteiger partial charge >= 0.3 is 6.09 Å². The second kappa shape index (κ2) is 8.95. The highest BCUT2D eigenvalue weighted by molar-refractivity contribution is 5.79. The van der Waals surface area contributed by atoms with Crippen molar-refractivity contribution in [3.63, 3.8) is 0 Å². The van der Waals surface area contributed by atoms with Crippen molar-refractivity contribution < 1.29 is 18.7 Å². The van der Waals surface area contributed by atoms with E-state index < -0.39 is 12.1 Å². The molecule has 1 aliphatic carbocycles. The maximum absolute atomic E-state index is 12.6. The van der Waals surface area contributed by atoms with Gasteiger partial charge in [-0.1, -0.05) is 68.3 Å². The zero-order valence-electron chi connectivity index (χ0n) is 16.8. The molecule has 6 heteroatoms. The molecule has 2 aromatic carbocycles. The van der Waals surface area contributed by atoms with E-state index in [1.807, 2.05) is 24.3 Å². The normalized spacial score (nSPS) is 13.4. The van der Waals surface area contributed by atoms with Crippen LogP contribution in [0.1, 0.15) is 65.7 Å². The molecule has 1 atom stereocenters. The SMILES string of the molecule is CCCC[C@H](NC(=O)OCC1c2ccccc2-c2ccccc21)c1nc(C=O)co1. The number of rotatable bonds is 8. The van der Waals surface area contributed by atoms with E-state index in [4.69, 9.17) is 9.15 Å². The number of aromatic nitrogens is 1. The first-order valence-corrected chi connectivity index (χ1v) is 10.2. The molecule has 3 aromatic rings. The van der Waals surface area contributed by atoms with Crippen LogP contribution in [0.5, 0.6) is 0 Å². The Morgan fingerprint density at radius 2 is 1.83 bits per heavy atom. The zero-order valence-corrected chi connectivity index (χ0v) is 16.8. The number of unbranched alkanes of at least 4 members (excludes halogenated alkanes) is 1. The lowest BCUT2D eigenvalue weighted by Gasteiger charge is -2.18. The molecule has 0 radical (unpaired) electrons. The third-order valence-corrected chi connectivity index (χ3v) is 5.44. The van der Waals surface area contributed by atoms with E-state index in [-0.39, 0.29) is 18.2 Å². The number of nitrogens with zero attached hydrogens (tertiary/aromatic N) is 1. The summed E-state index contributed by atoms with van der Waals surface area (Å²) in [7, 11) is 0. The second-order valence-electron chi connectivity index (χ2n) is 7.39. The van der Waals surface area contributed by atoms with Gasteiger partial charge in [-0.05, 0) is 28.7 Å². The lowest BCUT2D eigenvalue weighted by molar-refractivity contribution is 0.111. The molecule has 0 aliphatic heterocycles. The molecule has 0 saturated carbocycles. The molecule has 1 heterocycles. The van der Waals surface area contributed by atoms with Gasteiger partial charge in [-0.3, -0.25) is 4.79 Å². The van der Waals surface area contributed by atoms with Gasteiger partial charge in [0.2, 0.25) is 5.89 Å². The molecule has 4 rings (SSSR count). The zero-order chi connectivity index (χ0) is 20.9. The van der Waals surface area contributed by atoms with Gasteiger partial charge < -0.3 is 14.5 Å². The maximum atomic E-state index is 12.6. The number of amides is 1. The highest BCUT2D eigenvalue weighted by Crippen LogP contribution is 2.44. The molecule has 0 saturated heterocycles. The highest BCUT2D eigenvalue weighted by atomic mass is 16.5. The van der Waals surface area contributed by atoms with E-state index in [0.29, 0.717) is 18.6 Å². The van der Waals surface area contributed by atoms with Crippen molar-refractivity contribution in [2.45, 2.75) is 38.1 Å². The van der Waals surface area contributed by atoms with Crippen LogP contribution < -0.4 is 5.32 Å². The topological polar surface area (TPSA) is 81.4 Å². The van der Waals surface area contributed by atoms with Gasteiger partial charge in [-0.25, -0.2) is 9.78 Å². The van der Waals surface area contributed by atoms with Crippen molar-refractivity contribution in [2.24, 2.45) is 0 Å². The number of carbonyl (C=O) groups excluding carboxylic acids is 2.